The first-order valence-corrected chi connectivity index (χ1v) is 8.35. The lowest BCUT2D eigenvalue weighted by atomic mass is 10.0. The number of carbonyl (C=O) groups excluding carboxylic acids is 2. The number of imide groups is 1. The zero-order chi connectivity index (χ0) is 17.6. The Labute approximate surface area is 154 Å². The third kappa shape index (κ3) is 2.62. The van der Waals surface area contributed by atoms with Gasteiger partial charge in [0.1, 0.15) is 0 Å². The van der Waals surface area contributed by atoms with Gasteiger partial charge < -0.3 is 0 Å². The maximum absolute atomic E-state index is 12.6. The molecule has 5 heteroatoms. The Morgan fingerprint density at radius 3 is 1.92 bits per heavy atom. The van der Waals surface area contributed by atoms with Crippen molar-refractivity contribution in [2.75, 3.05) is 4.90 Å². The highest BCUT2D eigenvalue weighted by atomic mass is 35.5. The van der Waals surface area contributed by atoms with E-state index in [1.807, 2.05) is 12.1 Å². The molecule has 0 unspecified atom stereocenters. The summed E-state index contributed by atoms with van der Waals surface area (Å²) >= 11 is 12.1. The number of fused-ring (bicyclic) bond motifs is 1. The molecule has 0 aliphatic carbocycles. The molecular formula is C20H11Cl2NO2. The Hall–Kier alpha value is -2.62. The van der Waals surface area contributed by atoms with Crippen molar-refractivity contribution in [1.82, 2.24) is 0 Å². The Kier molecular flexibility index (Phi) is 3.83. The smallest absolute Gasteiger partial charge is 0.266 e. The lowest BCUT2D eigenvalue weighted by Crippen LogP contribution is -2.29. The van der Waals surface area contributed by atoms with Gasteiger partial charge in [0, 0.05) is 0 Å². The van der Waals surface area contributed by atoms with Crippen LogP contribution in [0.5, 0.6) is 0 Å². The van der Waals surface area contributed by atoms with Gasteiger partial charge in [0.25, 0.3) is 11.8 Å². The molecule has 2 amide bonds. The highest BCUT2D eigenvalue weighted by Gasteiger charge is 2.36. The summed E-state index contributed by atoms with van der Waals surface area (Å²) in [5.41, 5.74) is 3.06. The van der Waals surface area contributed by atoms with E-state index < -0.39 is 0 Å². The van der Waals surface area contributed by atoms with Gasteiger partial charge in [0.15, 0.2) is 0 Å². The van der Waals surface area contributed by atoms with E-state index in [4.69, 9.17) is 23.2 Å². The molecule has 3 aromatic carbocycles. The van der Waals surface area contributed by atoms with E-state index in [9.17, 15) is 9.59 Å². The largest absolute Gasteiger partial charge is 0.268 e. The number of nitrogens with zero attached hydrogens (tertiary/aromatic N) is 1. The van der Waals surface area contributed by atoms with Crippen LogP contribution in [0.3, 0.4) is 0 Å². The van der Waals surface area contributed by atoms with Gasteiger partial charge >= 0.3 is 0 Å². The molecule has 0 spiro atoms. The molecule has 0 fully saturated rings. The standard InChI is InChI=1S/C20H11Cl2NO2/c21-17-9-8-13(11-18(17)22)12-4-3-5-14(10-12)23-19(24)15-6-1-2-7-16(15)20(23)25/h1-11H. The normalized spacial score (nSPS) is 13.3. The fraction of sp³-hybridized carbons (Fsp3) is 0. The van der Waals surface area contributed by atoms with Crippen LogP contribution in [0.1, 0.15) is 20.7 Å². The van der Waals surface area contributed by atoms with Gasteiger partial charge in [-0.1, -0.05) is 53.5 Å². The van der Waals surface area contributed by atoms with E-state index >= 15 is 0 Å². The monoisotopic (exact) mass is 367 g/mol. The highest BCUT2D eigenvalue weighted by Crippen LogP contribution is 2.33. The number of rotatable bonds is 2. The van der Waals surface area contributed by atoms with Crippen LogP contribution in [0, 0.1) is 0 Å². The molecule has 1 heterocycles. The second kappa shape index (κ2) is 6.03. The zero-order valence-electron chi connectivity index (χ0n) is 12.9. The summed E-state index contributed by atoms with van der Waals surface area (Å²) in [6.45, 7) is 0. The maximum Gasteiger partial charge on any atom is 0.266 e. The molecule has 122 valence electrons. The first kappa shape index (κ1) is 15.9. The second-order valence-corrected chi connectivity index (χ2v) is 6.48. The highest BCUT2D eigenvalue weighted by molar-refractivity contribution is 6.42. The minimum Gasteiger partial charge on any atom is -0.268 e. The molecule has 0 bridgehead atoms. The summed E-state index contributed by atoms with van der Waals surface area (Å²) in [5, 5.41) is 0.923. The number of benzene rings is 3. The number of amides is 2. The molecule has 3 nitrogen and oxygen atoms in total. The molecule has 0 aromatic heterocycles. The average molecular weight is 368 g/mol. The van der Waals surface area contributed by atoms with Crippen LogP contribution in [0.2, 0.25) is 10.0 Å². The van der Waals surface area contributed by atoms with Crippen molar-refractivity contribution in [2.45, 2.75) is 0 Å². The van der Waals surface area contributed by atoms with Crippen LogP contribution >= 0.6 is 23.2 Å². The van der Waals surface area contributed by atoms with Crippen LogP contribution in [-0.2, 0) is 0 Å². The summed E-state index contributed by atoms with van der Waals surface area (Å²) in [4.78, 5) is 26.4. The molecule has 0 N–H and O–H groups in total. The van der Waals surface area contributed by atoms with Crippen molar-refractivity contribution >= 4 is 40.7 Å². The Bertz CT molecular complexity index is 995. The minimum atomic E-state index is -0.313. The third-order valence-electron chi connectivity index (χ3n) is 4.15. The van der Waals surface area contributed by atoms with Gasteiger partial charge in [-0.25, -0.2) is 4.90 Å². The summed E-state index contributed by atoms with van der Waals surface area (Å²) in [5.74, 6) is -0.626. The van der Waals surface area contributed by atoms with E-state index in [2.05, 4.69) is 0 Å². The van der Waals surface area contributed by atoms with Crippen molar-refractivity contribution in [3.63, 3.8) is 0 Å². The lowest BCUT2D eigenvalue weighted by molar-refractivity contribution is 0.0926. The SMILES string of the molecule is O=C1c2ccccc2C(=O)N1c1cccc(-c2ccc(Cl)c(Cl)c2)c1. The third-order valence-corrected chi connectivity index (χ3v) is 4.89. The van der Waals surface area contributed by atoms with E-state index in [1.54, 1.807) is 54.6 Å². The van der Waals surface area contributed by atoms with Crippen LogP contribution in [0.15, 0.2) is 66.7 Å². The van der Waals surface area contributed by atoms with Crippen LogP contribution in [0.25, 0.3) is 11.1 Å². The fourth-order valence-electron chi connectivity index (χ4n) is 2.92. The second-order valence-electron chi connectivity index (χ2n) is 5.67. The van der Waals surface area contributed by atoms with Crippen LogP contribution in [0.4, 0.5) is 5.69 Å². The number of hydrogen-bond acceptors (Lipinski definition) is 2. The van der Waals surface area contributed by atoms with E-state index in [0.29, 0.717) is 26.9 Å². The maximum atomic E-state index is 12.6. The average Bonchev–Trinajstić information content (AvgIpc) is 2.89. The lowest BCUT2D eigenvalue weighted by Gasteiger charge is -2.15. The Morgan fingerprint density at radius 1 is 0.640 bits per heavy atom. The molecule has 0 radical (unpaired) electrons. The van der Waals surface area contributed by atoms with Crippen LogP contribution in [-0.4, -0.2) is 11.8 Å². The molecule has 3 aromatic rings. The predicted molar refractivity (Wildman–Crippen MR) is 99.5 cm³/mol. The minimum absolute atomic E-state index is 0.313. The number of carbonyl (C=O) groups is 2. The predicted octanol–water partition coefficient (Wildman–Crippen LogP) is 5.46. The Morgan fingerprint density at radius 2 is 1.28 bits per heavy atom. The molecule has 0 saturated carbocycles. The fourth-order valence-corrected chi connectivity index (χ4v) is 3.22. The van der Waals surface area contributed by atoms with Crippen LogP contribution < -0.4 is 4.90 Å². The molecule has 1 aliphatic heterocycles. The Balaban J connectivity index is 1.77. The van der Waals surface area contributed by atoms with Crippen molar-refractivity contribution in [3.05, 3.63) is 87.9 Å². The molecule has 1 aliphatic rings. The summed E-state index contributed by atoms with van der Waals surface area (Å²) in [7, 11) is 0. The van der Waals surface area contributed by atoms with Crippen molar-refractivity contribution < 1.29 is 9.59 Å². The van der Waals surface area contributed by atoms with E-state index in [-0.39, 0.29) is 11.8 Å². The van der Waals surface area contributed by atoms with Gasteiger partial charge in [-0.05, 0) is 47.5 Å². The van der Waals surface area contributed by atoms with Crippen molar-refractivity contribution in [3.8, 4) is 11.1 Å². The molecule has 4 rings (SSSR count). The quantitative estimate of drug-likeness (QED) is 0.563. The number of hydrogen-bond donors (Lipinski definition) is 0. The zero-order valence-corrected chi connectivity index (χ0v) is 14.4. The van der Waals surface area contributed by atoms with Gasteiger partial charge in [-0.15, -0.1) is 0 Å². The van der Waals surface area contributed by atoms with Gasteiger partial charge in [0.05, 0.1) is 26.9 Å². The van der Waals surface area contributed by atoms with E-state index in [0.717, 1.165) is 11.1 Å². The number of anilines is 1. The van der Waals surface area contributed by atoms with Gasteiger partial charge in [-0.3, -0.25) is 9.59 Å². The topological polar surface area (TPSA) is 37.4 Å². The van der Waals surface area contributed by atoms with Gasteiger partial charge in [0.2, 0.25) is 0 Å². The first-order chi connectivity index (χ1) is 12.1. The molecule has 0 atom stereocenters. The van der Waals surface area contributed by atoms with Crippen molar-refractivity contribution in [1.29, 1.82) is 0 Å². The summed E-state index contributed by atoms with van der Waals surface area (Å²) < 4.78 is 0. The molecule has 25 heavy (non-hydrogen) atoms. The van der Waals surface area contributed by atoms with Crippen molar-refractivity contribution in [2.24, 2.45) is 0 Å². The molecule has 0 saturated heterocycles. The first-order valence-electron chi connectivity index (χ1n) is 7.59. The van der Waals surface area contributed by atoms with Gasteiger partial charge in [-0.2, -0.15) is 0 Å². The molecular weight excluding hydrogens is 357 g/mol. The van der Waals surface area contributed by atoms with E-state index in [1.165, 1.54) is 4.90 Å². The summed E-state index contributed by atoms with van der Waals surface area (Å²) in [6, 6.07) is 19.4. The number of halogens is 2. The summed E-state index contributed by atoms with van der Waals surface area (Å²) in [6.07, 6.45) is 0.